The first-order valence-electron chi connectivity index (χ1n) is 9.14. The number of ether oxygens (including phenoxy) is 2. The minimum absolute atomic E-state index is 0.121. The lowest BCUT2D eigenvalue weighted by Crippen LogP contribution is -2.32. The summed E-state index contributed by atoms with van der Waals surface area (Å²) in [6, 6.07) is 3.30. The van der Waals surface area contributed by atoms with Gasteiger partial charge in [0.05, 0.1) is 17.1 Å². The molecule has 0 bridgehead atoms. The van der Waals surface area contributed by atoms with E-state index in [0.29, 0.717) is 29.1 Å². The number of rotatable bonds is 5. The molecular weight excluding hydrogens is 332 g/mol. The van der Waals surface area contributed by atoms with Crippen LogP contribution in [0.3, 0.4) is 0 Å². The van der Waals surface area contributed by atoms with Crippen molar-refractivity contribution in [1.29, 1.82) is 0 Å². The Labute approximate surface area is 153 Å². The Morgan fingerprint density at radius 2 is 2.12 bits per heavy atom. The van der Waals surface area contributed by atoms with Crippen LogP contribution in [0.4, 0.5) is 0 Å². The summed E-state index contributed by atoms with van der Waals surface area (Å²) in [5.41, 5.74) is 1.30. The van der Waals surface area contributed by atoms with Crippen molar-refractivity contribution in [3.05, 3.63) is 46.3 Å². The predicted molar refractivity (Wildman–Crippen MR) is 101 cm³/mol. The summed E-state index contributed by atoms with van der Waals surface area (Å²) < 4.78 is 17.6. The van der Waals surface area contributed by atoms with Crippen molar-refractivity contribution in [2.75, 3.05) is 0 Å². The van der Waals surface area contributed by atoms with Gasteiger partial charge in [0.1, 0.15) is 23.7 Å². The van der Waals surface area contributed by atoms with Crippen LogP contribution in [-0.4, -0.2) is 17.3 Å². The summed E-state index contributed by atoms with van der Waals surface area (Å²) >= 11 is 0. The number of hydrogen-bond acceptors (Lipinski definition) is 5. The van der Waals surface area contributed by atoms with Crippen molar-refractivity contribution in [2.45, 2.75) is 58.8 Å². The van der Waals surface area contributed by atoms with Crippen LogP contribution >= 0.6 is 0 Å². The van der Waals surface area contributed by atoms with Gasteiger partial charge in [-0.3, -0.25) is 0 Å². The lowest BCUT2D eigenvalue weighted by Gasteiger charge is -2.34. The van der Waals surface area contributed by atoms with Crippen LogP contribution in [-0.2, 0) is 6.42 Å². The molecule has 0 fully saturated rings. The van der Waals surface area contributed by atoms with Crippen LogP contribution in [0, 0.1) is 5.92 Å². The Balaban J connectivity index is 2.36. The van der Waals surface area contributed by atoms with Crippen molar-refractivity contribution in [3.63, 3.8) is 0 Å². The topological polar surface area (TPSA) is 68.9 Å². The van der Waals surface area contributed by atoms with Gasteiger partial charge < -0.3 is 19.0 Å². The summed E-state index contributed by atoms with van der Waals surface area (Å²) in [6.07, 6.45) is 2.13. The smallest absolute Gasteiger partial charge is 0.336 e. The first kappa shape index (κ1) is 18.5. The fraction of sp³-hybridized carbons (Fsp3) is 0.476. The molecule has 0 spiro atoms. The predicted octanol–water partition coefficient (Wildman–Crippen LogP) is 4.15. The second-order valence-corrected chi connectivity index (χ2v) is 7.02. The standard InChI is InChI=1S/C21H26O5/c1-6-8-14-9-17(22)26-21-18(14)15(24-11(3)7-2)10-16-19(21)20(23)12(4)13(5)25-16/h7,9-13,20,23H,2,6,8H2,1,3-5H3. The molecule has 4 atom stereocenters. The molecule has 1 aromatic heterocycles. The van der Waals surface area contributed by atoms with Gasteiger partial charge in [0.25, 0.3) is 0 Å². The van der Waals surface area contributed by atoms with E-state index in [4.69, 9.17) is 13.9 Å². The van der Waals surface area contributed by atoms with Gasteiger partial charge in [-0.25, -0.2) is 4.79 Å². The molecule has 26 heavy (non-hydrogen) atoms. The van der Waals surface area contributed by atoms with Crippen molar-refractivity contribution >= 4 is 11.0 Å². The molecule has 0 aliphatic carbocycles. The molecule has 4 unspecified atom stereocenters. The second kappa shape index (κ2) is 7.16. The van der Waals surface area contributed by atoms with E-state index in [2.05, 4.69) is 6.58 Å². The van der Waals surface area contributed by atoms with E-state index in [1.165, 1.54) is 6.07 Å². The molecule has 5 nitrogen and oxygen atoms in total. The van der Waals surface area contributed by atoms with Crippen molar-refractivity contribution in [3.8, 4) is 11.5 Å². The fourth-order valence-corrected chi connectivity index (χ4v) is 3.39. The number of aliphatic hydroxyl groups is 1. The summed E-state index contributed by atoms with van der Waals surface area (Å²) in [5.74, 6) is 0.954. The van der Waals surface area contributed by atoms with Gasteiger partial charge in [0, 0.05) is 18.1 Å². The number of benzene rings is 1. The molecule has 140 valence electrons. The lowest BCUT2D eigenvalue weighted by atomic mass is 9.87. The van der Waals surface area contributed by atoms with E-state index in [-0.39, 0.29) is 18.1 Å². The van der Waals surface area contributed by atoms with Gasteiger partial charge in [-0.1, -0.05) is 32.9 Å². The average molecular weight is 358 g/mol. The molecule has 1 aromatic carbocycles. The van der Waals surface area contributed by atoms with Crippen LogP contribution in [0.2, 0.25) is 0 Å². The zero-order valence-corrected chi connectivity index (χ0v) is 15.7. The summed E-state index contributed by atoms with van der Waals surface area (Å²) in [5, 5.41) is 11.6. The minimum Gasteiger partial charge on any atom is -0.490 e. The molecule has 0 radical (unpaired) electrons. The SMILES string of the molecule is C=CC(C)Oc1cc2c(c3oc(=O)cc(CCC)c13)C(O)C(C)C(C)O2. The van der Waals surface area contributed by atoms with Gasteiger partial charge in [-0.15, -0.1) is 0 Å². The molecule has 2 aromatic rings. The quantitative estimate of drug-likeness (QED) is 0.642. The Morgan fingerprint density at radius 1 is 1.38 bits per heavy atom. The molecule has 1 aliphatic heterocycles. The highest BCUT2D eigenvalue weighted by molar-refractivity contribution is 5.92. The second-order valence-electron chi connectivity index (χ2n) is 7.02. The average Bonchev–Trinajstić information content (AvgIpc) is 2.59. The molecule has 1 N–H and O–H groups in total. The molecule has 2 heterocycles. The number of aliphatic hydroxyl groups excluding tert-OH is 1. The minimum atomic E-state index is -0.776. The van der Waals surface area contributed by atoms with Gasteiger partial charge in [-0.05, 0) is 25.8 Å². The van der Waals surface area contributed by atoms with E-state index in [1.807, 2.05) is 27.7 Å². The molecule has 5 heteroatoms. The lowest BCUT2D eigenvalue weighted by molar-refractivity contribution is 0.0177. The summed E-state index contributed by atoms with van der Waals surface area (Å²) in [7, 11) is 0. The maximum absolute atomic E-state index is 12.2. The Hall–Kier alpha value is -2.27. The highest BCUT2D eigenvalue weighted by Gasteiger charge is 2.36. The zero-order valence-electron chi connectivity index (χ0n) is 15.7. The largest absolute Gasteiger partial charge is 0.490 e. The van der Waals surface area contributed by atoms with Crippen molar-refractivity contribution in [1.82, 2.24) is 0 Å². The first-order chi connectivity index (χ1) is 12.4. The van der Waals surface area contributed by atoms with E-state index in [9.17, 15) is 9.90 Å². The number of aryl methyl sites for hydroxylation is 1. The number of hydrogen-bond donors (Lipinski definition) is 1. The van der Waals surface area contributed by atoms with Crippen molar-refractivity contribution in [2.24, 2.45) is 5.92 Å². The maximum Gasteiger partial charge on any atom is 0.336 e. The van der Waals surface area contributed by atoms with Gasteiger partial charge >= 0.3 is 5.63 Å². The first-order valence-corrected chi connectivity index (χ1v) is 9.14. The zero-order chi connectivity index (χ0) is 19.0. The normalized spacial score (nSPS) is 23.2. The van der Waals surface area contributed by atoms with E-state index >= 15 is 0 Å². The highest BCUT2D eigenvalue weighted by Crippen LogP contribution is 2.46. The number of fused-ring (bicyclic) bond motifs is 3. The monoisotopic (exact) mass is 358 g/mol. The Kier molecular flexibility index (Phi) is 5.10. The van der Waals surface area contributed by atoms with Crippen LogP contribution in [0.15, 0.2) is 34.0 Å². The van der Waals surface area contributed by atoms with E-state index < -0.39 is 11.7 Å². The third-order valence-electron chi connectivity index (χ3n) is 5.07. The van der Waals surface area contributed by atoms with Crippen molar-refractivity contribution < 1.29 is 19.0 Å². The van der Waals surface area contributed by atoms with E-state index in [1.54, 1.807) is 12.1 Å². The molecule has 3 rings (SSSR count). The van der Waals surface area contributed by atoms with Crippen LogP contribution in [0.1, 0.15) is 51.3 Å². The Bertz CT molecular complexity index is 882. The van der Waals surface area contributed by atoms with Gasteiger partial charge in [0.15, 0.2) is 5.58 Å². The van der Waals surface area contributed by atoms with E-state index in [0.717, 1.165) is 17.4 Å². The van der Waals surface area contributed by atoms with Crippen LogP contribution < -0.4 is 15.1 Å². The highest BCUT2D eigenvalue weighted by atomic mass is 16.5. The fourth-order valence-electron chi connectivity index (χ4n) is 3.39. The maximum atomic E-state index is 12.2. The van der Waals surface area contributed by atoms with Gasteiger partial charge in [0.2, 0.25) is 0 Å². The van der Waals surface area contributed by atoms with Gasteiger partial charge in [-0.2, -0.15) is 0 Å². The molecule has 0 saturated carbocycles. The third kappa shape index (κ3) is 3.12. The summed E-state index contributed by atoms with van der Waals surface area (Å²) in [6.45, 7) is 11.5. The summed E-state index contributed by atoms with van der Waals surface area (Å²) in [4.78, 5) is 12.2. The van der Waals surface area contributed by atoms with Crippen LogP contribution in [0.25, 0.3) is 11.0 Å². The molecule has 1 aliphatic rings. The molecular formula is C21H26O5. The molecule has 0 amide bonds. The third-order valence-corrected chi connectivity index (χ3v) is 5.07. The molecule has 0 saturated heterocycles. The Morgan fingerprint density at radius 3 is 2.77 bits per heavy atom. The van der Waals surface area contributed by atoms with Crippen LogP contribution in [0.5, 0.6) is 11.5 Å².